The number of aromatic nitrogens is 6. The molecule has 4 aromatic rings. The summed E-state index contributed by atoms with van der Waals surface area (Å²) in [6, 6.07) is 7.03. The van der Waals surface area contributed by atoms with Gasteiger partial charge in [0.05, 0.1) is 17.5 Å². The summed E-state index contributed by atoms with van der Waals surface area (Å²) in [7, 11) is 1.55. The number of ketones is 1. The molecule has 0 spiro atoms. The molecule has 0 radical (unpaired) electrons. The van der Waals surface area contributed by atoms with Crippen LogP contribution in [0.3, 0.4) is 0 Å². The van der Waals surface area contributed by atoms with Crippen LogP contribution in [0.2, 0.25) is 0 Å². The van der Waals surface area contributed by atoms with E-state index in [2.05, 4.69) is 30.9 Å². The average molecular weight is 529 g/mol. The van der Waals surface area contributed by atoms with E-state index < -0.39 is 0 Å². The van der Waals surface area contributed by atoms with Crippen molar-refractivity contribution in [3.8, 4) is 11.1 Å². The largest absolute Gasteiger partial charge is 0.383 e. The number of carbonyl (C=O) groups excluding carboxylic acids is 3. The molecule has 2 bridgehead atoms. The molecule has 3 amide bonds. The average Bonchev–Trinajstić information content (AvgIpc) is 3.67. The SMILES string of the molecule is CNC(=O)Nc1ccc(-c2cnn3c(N)c(C(C)=O)c(C4C[C@H]5CC[C@@H](C4)N5C(=O)c4ncn[nH]4)nc23)cc1. The number of H-pyrrole nitrogens is 1. The minimum absolute atomic E-state index is 0.00940. The minimum Gasteiger partial charge on any atom is -0.383 e. The molecule has 3 aromatic heterocycles. The fraction of sp³-hybridized carbons (Fsp3) is 0.346. The topological polar surface area (TPSA) is 176 Å². The Labute approximate surface area is 223 Å². The molecule has 3 atom stereocenters. The number of urea groups is 1. The summed E-state index contributed by atoms with van der Waals surface area (Å²) in [5.74, 6) is 0.110. The number of carbonyl (C=O) groups is 3. The summed E-state index contributed by atoms with van der Waals surface area (Å²) in [4.78, 5) is 48.5. The van der Waals surface area contributed by atoms with Crippen LogP contribution in [0.25, 0.3) is 16.8 Å². The number of benzene rings is 1. The molecule has 6 rings (SSSR count). The van der Waals surface area contributed by atoms with Gasteiger partial charge in [0.25, 0.3) is 5.91 Å². The van der Waals surface area contributed by atoms with Gasteiger partial charge in [-0.3, -0.25) is 14.7 Å². The van der Waals surface area contributed by atoms with Crippen LogP contribution in [0, 0.1) is 0 Å². The lowest BCUT2D eigenvalue weighted by atomic mass is 9.85. The Morgan fingerprint density at radius 2 is 1.82 bits per heavy atom. The summed E-state index contributed by atoms with van der Waals surface area (Å²) in [5.41, 5.74) is 10.4. The van der Waals surface area contributed by atoms with Crippen molar-refractivity contribution in [2.24, 2.45) is 0 Å². The predicted molar refractivity (Wildman–Crippen MR) is 142 cm³/mol. The molecule has 13 nitrogen and oxygen atoms in total. The summed E-state index contributed by atoms with van der Waals surface area (Å²) < 4.78 is 1.50. The molecule has 1 aromatic carbocycles. The predicted octanol–water partition coefficient (Wildman–Crippen LogP) is 2.60. The molecule has 2 saturated heterocycles. The van der Waals surface area contributed by atoms with E-state index in [9.17, 15) is 14.4 Å². The number of hydrogen-bond acceptors (Lipinski definition) is 8. The third kappa shape index (κ3) is 4.15. The molecule has 2 fully saturated rings. The van der Waals surface area contributed by atoms with Gasteiger partial charge in [-0.1, -0.05) is 12.1 Å². The highest BCUT2D eigenvalue weighted by Crippen LogP contribution is 2.45. The van der Waals surface area contributed by atoms with E-state index in [1.807, 2.05) is 17.0 Å². The Morgan fingerprint density at radius 1 is 1.10 bits per heavy atom. The standard InChI is InChI=1S/C26H28N10O3/c1-13(37)20-21(15-9-17-7-8-18(10-15)35(17)25(38)23-29-12-30-34-23)33-24-19(11-31-36(24)22(20)27)14-3-5-16(6-4-14)32-26(39)28-2/h3-6,11-12,15,17-18H,7-10,27H2,1-2H3,(H2,28,32,39)(H,29,30,34)/t15?,17-,18+. The van der Waals surface area contributed by atoms with Crippen LogP contribution >= 0.6 is 0 Å². The van der Waals surface area contributed by atoms with E-state index >= 15 is 0 Å². The molecular weight excluding hydrogens is 500 g/mol. The van der Waals surface area contributed by atoms with Crippen LogP contribution in [0.5, 0.6) is 0 Å². The highest BCUT2D eigenvalue weighted by Gasteiger charge is 2.45. The number of hydrogen-bond donors (Lipinski definition) is 4. The van der Waals surface area contributed by atoms with Crippen molar-refractivity contribution in [2.75, 3.05) is 18.1 Å². The van der Waals surface area contributed by atoms with Crippen LogP contribution in [-0.2, 0) is 0 Å². The van der Waals surface area contributed by atoms with Gasteiger partial charge in [0.15, 0.2) is 11.4 Å². The summed E-state index contributed by atoms with van der Waals surface area (Å²) in [6.07, 6.45) is 6.10. The van der Waals surface area contributed by atoms with Crippen molar-refractivity contribution in [3.63, 3.8) is 0 Å². The minimum atomic E-state index is -0.308. The van der Waals surface area contributed by atoms with Gasteiger partial charge in [-0.05, 0) is 50.3 Å². The Bertz CT molecular complexity index is 1560. The Morgan fingerprint density at radius 3 is 2.44 bits per heavy atom. The summed E-state index contributed by atoms with van der Waals surface area (Å²) >= 11 is 0. The van der Waals surface area contributed by atoms with Crippen LogP contribution in [0.1, 0.15) is 65.2 Å². The zero-order valence-electron chi connectivity index (χ0n) is 21.5. The lowest BCUT2D eigenvalue weighted by Gasteiger charge is -2.38. The monoisotopic (exact) mass is 528 g/mol. The maximum absolute atomic E-state index is 13.1. The molecule has 1 unspecified atom stereocenters. The second-order valence-electron chi connectivity index (χ2n) is 9.99. The number of Topliss-reactive ketones (excluding diaryl/α,β-unsaturated/α-hetero) is 1. The van der Waals surface area contributed by atoms with Gasteiger partial charge >= 0.3 is 6.03 Å². The number of piperidine rings is 1. The molecule has 39 heavy (non-hydrogen) atoms. The fourth-order valence-electron chi connectivity index (χ4n) is 5.98. The third-order valence-corrected chi connectivity index (χ3v) is 7.72. The second-order valence-corrected chi connectivity index (χ2v) is 9.99. The normalized spacial score (nSPS) is 20.3. The molecule has 0 saturated carbocycles. The second kappa shape index (κ2) is 9.49. The molecule has 0 aliphatic carbocycles. The van der Waals surface area contributed by atoms with Gasteiger partial charge < -0.3 is 21.3 Å². The van der Waals surface area contributed by atoms with Gasteiger partial charge in [-0.15, -0.1) is 0 Å². The van der Waals surface area contributed by atoms with Crippen LogP contribution in [0.4, 0.5) is 16.3 Å². The number of nitrogens with one attached hydrogen (secondary N) is 3. The first-order valence-electron chi connectivity index (χ1n) is 12.8. The van der Waals surface area contributed by atoms with Crippen molar-refractivity contribution < 1.29 is 14.4 Å². The zero-order chi connectivity index (χ0) is 27.3. The first-order valence-corrected chi connectivity index (χ1v) is 12.8. The Hall–Kier alpha value is -4.81. The van der Waals surface area contributed by atoms with Gasteiger partial charge in [0.2, 0.25) is 5.82 Å². The lowest BCUT2D eigenvalue weighted by molar-refractivity contribution is 0.0556. The molecule has 200 valence electrons. The molecule has 5 N–H and O–H groups in total. The smallest absolute Gasteiger partial charge is 0.318 e. The Balaban J connectivity index is 1.36. The maximum atomic E-state index is 13.1. The van der Waals surface area contributed by atoms with E-state index in [0.29, 0.717) is 35.4 Å². The molecule has 5 heterocycles. The van der Waals surface area contributed by atoms with Gasteiger partial charge in [-0.2, -0.15) is 14.7 Å². The van der Waals surface area contributed by atoms with Crippen LogP contribution in [0.15, 0.2) is 36.8 Å². The third-order valence-electron chi connectivity index (χ3n) is 7.72. The first kappa shape index (κ1) is 24.5. The molecule has 13 heteroatoms. The maximum Gasteiger partial charge on any atom is 0.318 e. The van der Waals surface area contributed by atoms with Crippen molar-refractivity contribution >= 4 is 34.9 Å². The first-order chi connectivity index (χ1) is 18.9. The number of nitrogen functional groups attached to an aromatic ring is 1. The fourth-order valence-corrected chi connectivity index (χ4v) is 5.98. The summed E-state index contributed by atoms with van der Waals surface area (Å²) in [5, 5.41) is 16.2. The van der Waals surface area contributed by atoms with E-state index in [0.717, 1.165) is 24.0 Å². The van der Waals surface area contributed by atoms with Crippen molar-refractivity contribution in [3.05, 3.63) is 53.9 Å². The highest BCUT2D eigenvalue weighted by atomic mass is 16.2. The zero-order valence-corrected chi connectivity index (χ0v) is 21.5. The highest BCUT2D eigenvalue weighted by molar-refractivity contribution is 6.00. The number of nitrogens with zero attached hydrogens (tertiary/aromatic N) is 6. The molecule has 2 aliphatic heterocycles. The van der Waals surface area contributed by atoms with E-state index in [1.165, 1.54) is 17.8 Å². The lowest BCUT2D eigenvalue weighted by Crippen LogP contribution is -2.46. The molecular formula is C26H28N10O3. The number of fused-ring (bicyclic) bond motifs is 3. The van der Waals surface area contributed by atoms with Gasteiger partial charge in [-0.25, -0.2) is 14.8 Å². The number of anilines is 2. The van der Waals surface area contributed by atoms with Crippen molar-refractivity contribution in [2.45, 2.75) is 50.6 Å². The van der Waals surface area contributed by atoms with Gasteiger partial charge in [0.1, 0.15) is 12.1 Å². The van der Waals surface area contributed by atoms with E-state index in [-0.39, 0.29) is 47.4 Å². The van der Waals surface area contributed by atoms with Gasteiger partial charge in [0, 0.05) is 36.3 Å². The molecule has 2 aliphatic rings. The van der Waals surface area contributed by atoms with Crippen molar-refractivity contribution in [1.29, 1.82) is 0 Å². The van der Waals surface area contributed by atoms with E-state index in [1.54, 1.807) is 25.4 Å². The van der Waals surface area contributed by atoms with Crippen LogP contribution < -0.4 is 16.4 Å². The van der Waals surface area contributed by atoms with Crippen LogP contribution in [-0.4, -0.2) is 71.5 Å². The van der Waals surface area contributed by atoms with E-state index in [4.69, 9.17) is 10.7 Å². The number of amides is 3. The summed E-state index contributed by atoms with van der Waals surface area (Å²) in [6.45, 7) is 1.49. The Kier molecular flexibility index (Phi) is 5.97. The quantitative estimate of drug-likeness (QED) is 0.286. The van der Waals surface area contributed by atoms with Crippen molar-refractivity contribution in [1.82, 2.24) is 40.0 Å². The number of aromatic amines is 1. The number of nitrogens with two attached hydrogens (primary N) is 1. The number of rotatable bonds is 5.